The van der Waals surface area contributed by atoms with Crippen LogP contribution in [0.4, 0.5) is 5.69 Å². The van der Waals surface area contributed by atoms with E-state index >= 15 is 0 Å². The number of fused-ring (bicyclic) bond motifs is 2. The van der Waals surface area contributed by atoms with Crippen LogP contribution < -0.4 is 9.04 Å². The lowest BCUT2D eigenvalue weighted by atomic mass is 10.2. The Morgan fingerprint density at radius 2 is 2.04 bits per heavy atom. The molecule has 0 radical (unpaired) electrons. The fraction of sp³-hybridized carbons (Fsp3) is 0.250. The molecule has 8 heteroatoms. The first-order valence-corrected chi connectivity index (χ1v) is 9.01. The largest absolute Gasteiger partial charge is 0.487 e. The van der Waals surface area contributed by atoms with Crippen molar-refractivity contribution in [1.29, 1.82) is 0 Å². The van der Waals surface area contributed by atoms with E-state index in [2.05, 4.69) is 10.1 Å². The van der Waals surface area contributed by atoms with E-state index < -0.39 is 10.0 Å². The summed E-state index contributed by atoms with van der Waals surface area (Å²) in [5.74, 6) is 0.557. The van der Waals surface area contributed by atoms with Crippen LogP contribution in [0, 0.1) is 6.92 Å². The van der Waals surface area contributed by atoms with Gasteiger partial charge in [-0.05, 0) is 32.0 Å². The lowest BCUT2D eigenvalue weighted by molar-refractivity contribution is 0.219. The first kappa shape index (κ1) is 14.9. The zero-order valence-corrected chi connectivity index (χ0v) is 14.1. The maximum Gasteiger partial charge on any atom is 0.270 e. The SMILES string of the molecule is Cc1nn2cccnc2c1S(=O)(=O)N1CC(C)Oc2ccccc21. The Kier molecular flexibility index (Phi) is 3.24. The predicted molar refractivity (Wildman–Crippen MR) is 88.8 cm³/mol. The van der Waals surface area contributed by atoms with E-state index in [1.165, 1.54) is 8.82 Å². The van der Waals surface area contributed by atoms with Gasteiger partial charge in [0.25, 0.3) is 10.0 Å². The predicted octanol–water partition coefficient (Wildman–Crippen LogP) is 2.01. The van der Waals surface area contributed by atoms with Crippen LogP contribution >= 0.6 is 0 Å². The van der Waals surface area contributed by atoms with Gasteiger partial charge < -0.3 is 4.74 Å². The molecule has 0 amide bonds. The lowest BCUT2D eigenvalue weighted by Gasteiger charge is -2.33. The summed E-state index contributed by atoms with van der Waals surface area (Å²) in [6, 6.07) is 8.84. The highest BCUT2D eigenvalue weighted by Crippen LogP contribution is 2.37. The molecule has 0 fully saturated rings. The van der Waals surface area contributed by atoms with Crippen molar-refractivity contribution in [3.8, 4) is 5.75 Å². The fourth-order valence-corrected chi connectivity index (χ4v) is 4.79. The van der Waals surface area contributed by atoms with E-state index in [1.807, 2.05) is 13.0 Å². The van der Waals surface area contributed by atoms with Crippen LogP contribution in [0.1, 0.15) is 12.6 Å². The van der Waals surface area contributed by atoms with Gasteiger partial charge in [-0.1, -0.05) is 12.1 Å². The van der Waals surface area contributed by atoms with Gasteiger partial charge in [0.15, 0.2) is 10.5 Å². The van der Waals surface area contributed by atoms with E-state index in [0.29, 0.717) is 22.8 Å². The summed E-state index contributed by atoms with van der Waals surface area (Å²) < 4.78 is 35.4. The van der Waals surface area contributed by atoms with Crippen LogP contribution in [0.5, 0.6) is 5.75 Å². The van der Waals surface area contributed by atoms with Crippen molar-refractivity contribution in [2.24, 2.45) is 0 Å². The Morgan fingerprint density at radius 1 is 1.25 bits per heavy atom. The van der Waals surface area contributed by atoms with E-state index in [9.17, 15) is 8.42 Å². The molecule has 124 valence electrons. The van der Waals surface area contributed by atoms with Crippen LogP contribution in [-0.2, 0) is 10.0 Å². The molecule has 24 heavy (non-hydrogen) atoms. The maximum atomic E-state index is 13.4. The van der Waals surface area contributed by atoms with Crippen molar-refractivity contribution >= 4 is 21.4 Å². The molecule has 2 aromatic heterocycles. The molecule has 1 atom stereocenters. The number of anilines is 1. The minimum absolute atomic E-state index is 0.131. The number of sulfonamides is 1. The number of nitrogens with zero attached hydrogens (tertiary/aromatic N) is 4. The first-order chi connectivity index (χ1) is 11.5. The molecule has 3 aromatic rings. The van der Waals surface area contributed by atoms with Crippen molar-refractivity contribution in [2.75, 3.05) is 10.8 Å². The van der Waals surface area contributed by atoms with Gasteiger partial charge in [0.1, 0.15) is 11.9 Å². The van der Waals surface area contributed by atoms with Crippen LogP contribution in [0.25, 0.3) is 5.65 Å². The highest BCUT2D eigenvalue weighted by Gasteiger charge is 2.36. The average molecular weight is 344 g/mol. The third kappa shape index (κ3) is 2.14. The Bertz CT molecular complexity index is 1030. The molecule has 1 aliphatic rings. The summed E-state index contributed by atoms with van der Waals surface area (Å²) in [5, 5.41) is 4.27. The molecule has 0 bridgehead atoms. The van der Waals surface area contributed by atoms with Crippen molar-refractivity contribution in [2.45, 2.75) is 24.8 Å². The maximum absolute atomic E-state index is 13.4. The summed E-state index contributed by atoms with van der Waals surface area (Å²) >= 11 is 0. The molecular formula is C16H16N4O3S. The third-order valence-electron chi connectivity index (χ3n) is 3.95. The van der Waals surface area contributed by atoms with Gasteiger partial charge in [0.2, 0.25) is 0 Å². The number of hydrogen-bond acceptors (Lipinski definition) is 5. The molecule has 0 N–H and O–H groups in total. The fourth-order valence-electron chi connectivity index (χ4n) is 2.96. The molecule has 0 saturated carbocycles. The number of aryl methyl sites for hydroxylation is 1. The molecule has 0 saturated heterocycles. The van der Waals surface area contributed by atoms with Gasteiger partial charge in [-0.3, -0.25) is 4.31 Å². The standard InChI is InChI=1S/C16H16N4O3S/c1-11-10-20(13-6-3-4-7-14(13)23-11)24(21,22)15-12(2)18-19-9-5-8-17-16(15)19/h3-9,11H,10H2,1-2H3. The van der Waals surface area contributed by atoms with Crippen molar-refractivity contribution < 1.29 is 13.2 Å². The zero-order valence-electron chi connectivity index (χ0n) is 13.2. The van der Waals surface area contributed by atoms with E-state index in [1.54, 1.807) is 43.6 Å². The van der Waals surface area contributed by atoms with Gasteiger partial charge in [-0.15, -0.1) is 0 Å². The molecular weight excluding hydrogens is 328 g/mol. The number of rotatable bonds is 2. The number of ether oxygens (including phenoxy) is 1. The lowest BCUT2D eigenvalue weighted by Crippen LogP contribution is -2.42. The average Bonchev–Trinajstić information content (AvgIpc) is 2.90. The van der Waals surface area contributed by atoms with Crippen LogP contribution in [-0.4, -0.2) is 35.7 Å². The Morgan fingerprint density at radius 3 is 2.88 bits per heavy atom. The van der Waals surface area contributed by atoms with Gasteiger partial charge in [0.05, 0.1) is 17.9 Å². The summed E-state index contributed by atoms with van der Waals surface area (Å²) in [6.45, 7) is 3.76. The third-order valence-corrected chi connectivity index (χ3v) is 5.87. The normalized spacial score (nSPS) is 17.6. The summed E-state index contributed by atoms with van der Waals surface area (Å²) in [5.41, 5.74) is 1.28. The van der Waals surface area contributed by atoms with Gasteiger partial charge in [-0.2, -0.15) is 5.10 Å². The minimum atomic E-state index is -3.81. The van der Waals surface area contributed by atoms with Gasteiger partial charge in [0, 0.05) is 12.4 Å². The number of benzene rings is 1. The smallest absolute Gasteiger partial charge is 0.270 e. The second-order valence-corrected chi connectivity index (χ2v) is 7.53. The number of para-hydroxylation sites is 2. The van der Waals surface area contributed by atoms with Crippen molar-refractivity contribution in [1.82, 2.24) is 14.6 Å². The second kappa shape index (κ2) is 5.20. The van der Waals surface area contributed by atoms with E-state index in [0.717, 1.165) is 0 Å². The highest BCUT2D eigenvalue weighted by atomic mass is 32.2. The molecule has 1 unspecified atom stereocenters. The van der Waals surface area contributed by atoms with Crippen LogP contribution in [0.15, 0.2) is 47.6 Å². The number of hydrogen-bond donors (Lipinski definition) is 0. The van der Waals surface area contributed by atoms with Gasteiger partial charge in [-0.25, -0.2) is 17.9 Å². The van der Waals surface area contributed by atoms with E-state index in [4.69, 9.17) is 4.74 Å². The molecule has 0 spiro atoms. The topological polar surface area (TPSA) is 76.8 Å². The second-order valence-electron chi connectivity index (χ2n) is 5.73. The van der Waals surface area contributed by atoms with Crippen LogP contribution in [0.2, 0.25) is 0 Å². The minimum Gasteiger partial charge on any atom is -0.487 e. The molecule has 1 aliphatic heterocycles. The Balaban J connectivity index is 1.94. The van der Waals surface area contributed by atoms with Gasteiger partial charge >= 0.3 is 0 Å². The summed E-state index contributed by atoms with van der Waals surface area (Å²) in [6.07, 6.45) is 3.00. The first-order valence-electron chi connectivity index (χ1n) is 7.57. The molecule has 1 aromatic carbocycles. The summed E-state index contributed by atoms with van der Waals surface area (Å²) in [4.78, 5) is 4.33. The Hall–Kier alpha value is -2.61. The zero-order chi connectivity index (χ0) is 16.9. The van der Waals surface area contributed by atoms with Crippen LogP contribution in [0.3, 0.4) is 0 Å². The molecule has 7 nitrogen and oxygen atoms in total. The van der Waals surface area contributed by atoms with E-state index in [-0.39, 0.29) is 17.5 Å². The number of aromatic nitrogens is 3. The molecule has 4 rings (SSSR count). The summed E-state index contributed by atoms with van der Waals surface area (Å²) in [7, 11) is -3.81. The van der Waals surface area contributed by atoms with Crippen molar-refractivity contribution in [3.05, 3.63) is 48.4 Å². The molecule has 3 heterocycles. The van der Waals surface area contributed by atoms with Crippen molar-refractivity contribution in [3.63, 3.8) is 0 Å². The highest BCUT2D eigenvalue weighted by molar-refractivity contribution is 7.93. The monoisotopic (exact) mass is 344 g/mol. The quantitative estimate of drug-likeness (QED) is 0.711. The molecule has 0 aliphatic carbocycles. The Labute approximate surface area is 139 Å².